The van der Waals surface area contributed by atoms with Gasteiger partial charge in [-0.1, -0.05) is 57.3 Å². The van der Waals surface area contributed by atoms with E-state index < -0.39 is 0 Å². The van der Waals surface area contributed by atoms with Crippen LogP contribution in [0.1, 0.15) is 19.4 Å². The summed E-state index contributed by atoms with van der Waals surface area (Å²) in [5.74, 6) is 1.46. The summed E-state index contributed by atoms with van der Waals surface area (Å²) in [6, 6.07) is 5.80. The molecule has 102 valence electrons. The van der Waals surface area contributed by atoms with Crippen LogP contribution in [0.4, 0.5) is 0 Å². The molecule has 0 unspecified atom stereocenters. The molecule has 0 aliphatic carbocycles. The van der Waals surface area contributed by atoms with Gasteiger partial charge in [0, 0.05) is 15.7 Å². The number of rotatable bonds is 6. The summed E-state index contributed by atoms with van der Waals surface area (Å²) in [6.45, 7) is 4.50. The van der Waals surface area contributed by atoms with Crippen LogP contribution in [0.25, 0.3) is 0 Å². The Morgan fingerprint density at radius 1 is 1.28 bits per heavy atom. The van der Waals surface area contributed by atoms with E-state index in [4.69, 9.17) is 16.3 Å². The average molecular weight is 399 g/mol. The molecule has 0 amide bonds. The van der Waals surface area contributed by atoms with Gasteiger partial charge in [0.05, 0.1) is 7.11 Å². The van der Waals surface area contributed by atoms with Crippen molar-refractivity contribution in [3.63, 3.8) is 0 Å². The number of ether oxygens (including phenoxy) is 1. The van der Waals surface area contributed by atoms with Gasteiger partial charge in [0.1, 0.15) is 5.75 Å². The molecule has 0 bridgehead atoms. The minimum atomic E-state index is 0.165. The van der Waals surface area contributed by atoms with E-state index in [-0.39, 0.29) is 5.41 Å². The molecule has 18 heavy (non-hydrogen) atoms. The van der Waals surface area contributed by atoms with Crippen LogP contribution < -0.4 is 4.74 Å². The van der Waals surface area contributed by atoms with Gasteiger partial charge in [0.15, 0.2) is 0 Å². The minimum Gasteiger partial charge on any atom is -0.496 e. The van der Waals surface area contributed by atoms with Gasteiger partial charge in [0.25, 0.3) is 0 Å². The first-order valence-corrected chi connectivity index (χ1v) is 8.55. The van der Waals surface area contributed by atoms with E-state index in [2.05, 4.69) is 45.7 Å². The molecule has 0 N–H and O–H groups in total. The van der Waals surface area contributed by atoms with E-state index in [1.807, 2.05) is 18.2 Å². The average Bonchev–Trinajstić information content (AvgIpc) is 2.36. The first-order chi connectivity index (χ1) is 8.49. The SMILES string of the molecule is COc1ccc(Cl)cc1CC(CBr)(CBr)C(C)C. The summed E-state index contributed by atoms with van der Waals surface area (Å²) in [7, 11) is 1.70. The lowest BCUT2D eigenvalue weighted by Gasteiger charge is -2.35. The molecular weight excluding hydrogens is 379 g/mol. The Morgan fingerprint density at radius 2 is 1.89 bits per heavy atom. The zero-order valence-electron chi connectivity index (χ0n) is 11.0. The Labute approximate surface area is 132 Å². The Kier molecular flexibility index (Phi) is 6.49. The Hall–Kier alpha value is 0.270. The van der Waals surface area contributed by atoms with E-state index in [9.17, 15) is 0 Å². The van der Waals surface area contributed by atoms with Crippen molar-refractivity contribution in [2.75, 3.05) is 17.8 Å². The lowest BCUT2D eigenvalue weighted by Crippen LogP contribution is -2.33. The Morgan fingerprint density at radius 3 is 2.33 bits per heavy atom. The van der Waals surface area contributed by atoms with Gasteiger partial charge in [-0.15, -0.1) is 0 Å². The molecule has 4 heteroatoms. The lowest BCUT2D eigenvalue weighted by atomic mass is 9.76. The van der Waals surface area contributed by atoms with Gasteiger partial charge in [0.2, 0.25) is 0 Å². The first-order valence-electron chi connectivity index (χ1n) is 5.93. The molecule has 0 spiro atoms. The zero-order chi connectivity index (χ0) is 13.8. The van der Waals surface area contributed by atoms with Crippen molar-refractivity contribution < 1.29 is 4.74 Å². The molecule has 0 fully saturated rings. The van der Waals surface area contributed by atoms with Crippen LogP contribution in [0.5, 0.6) is 5.75 Å². The van der Waals surface area contributed by atoms with Crippen molar-refractivity contribution in [1.82, 2.24) is 0 Å². The fourth-order valence-electron chi connectivity index (χ4n) is 1.91. The van der Waals surface area contributed by atoms with Gasteiger partial charge in [-0.25, -0.2) is 0 Å². The quantitative estimate of drug-likeness (QED) is 0.589. The maximum atomic E-state index is 6.09. The number of alkyl halides is 2. The van der Waals surface area contributed by atoms with Gasteiger partial charge < -0.3 is 4.74 Å². The van der Waals surface area contributed by atoms with Crippen LogP contribution in [-0.2, 0) is 6.42 Å². The maximum Gasteiger partial charge on any atom is 0.122 e. The predicted octanol–water partition coefficient (Wildman–Crippen LogP) is 5.32. The molecular formula is C14H19Br2ClO. The molecule has 0 saturated heterocycles. The van der Waals surface area contributed by atoms with Crippen LogP contribution in [0.2, 0.25) is 5.02 Å². The van der Waals surface area contributed by atoms with Crippen LogP contribution in [-0.4, -0.2) is 17.8 Å². The predicted molar refractivity (Wildman–Crippen MR) is 86.6 cm³/mol. The highest BCUT2D eigenvalue weighted by molar-refractivity contribution is 9.09. The molecule has 0 aromatic heterocycles. The van der Waals surface area contributed by atoms with Gasteiger partial charge in [-0.05, 0) is 41.5 Å². The van der Waals surface area contributed by atoms with Crippen LogP contribution in [0.3, 0.4) is 0 Å². The van der Waals surface area contributed by atoms with Crippen LogP contribution in [0, 0.1) is 11.3 Å². The van der Waals surface area contributed by atoms with Crippen molar-refractivity contribution in [2.24, 2.45) is 11.3 Å². The third kappa shape index (κ3) is 3.64. The summed E-state index contributed by atoms with van der Waals surface area (Å²) in [5.41, 5.74) is 1.33. The largest absolute Gasteiger partial charge is 0.496 e. The number of halogens is 3. The molecule has 1 aromatic rings. The second-order valence-electron chi connectivity index (χ2n) is 4.92. The zero-order valence-corrected chi connectivity index (χ0v) is 14.9. The summed E-state index contributed by atoms with van der Waals surface area (Å²) in [5, 5.41) is 2.64. The van der Waals surface area contributed by atoms with Gasteiger partial charge in [-0.2, -0.15) is 0 Å². The van der Waals surface area contributed by atoms with Crippen LogP contribution in [0.15, 0.2) is 18.2 Å². The van der Waals surface area contributed by atoms with Gasteiger partial charge in [-0.3, -0.25) is 0 Å². The third-order valence-corrected chi connectivity index (χ3v) is 6.01. The third-order valence-electron chi connectivity index (χ3n) is 3.54. The molecule has 0 aliphatic heterocycles. The smallest absolute Gasteiger partial charge is 0.122 e. The van der Waals surface area contributed by atoms with Crippen LogP contribution >= 0.6 is 43.5 Å². The Balaban J connectivity index is 3.10. The summed E-state index contributed by atoms with van der Waals surface area (Å²) < 4.78 is 5.43. The van der Waals surface area contributed by atoms with E-state index in [0.29, 0.717) is 5.92 Å². The van der Waals surface area contributed by atoms with Crippen molar-refractivity contribution in [3.05, 3.63) is 28.8 Å². The summed E-state index contributed by atoms with van der Waals surface area (Å²) >= 11 is 13.4. The van der Waals surface area contributed by atoms with Crippen molar-refractivity contribution in [1.29, 1.82) is 0 Å². The number of benzene rings is 1. The van der Waals surface area contributed by atoms with Crippen molar-refractivity contribution in [2.45, 2.75) is 20.3 Å². The standard InChI is InChI=1S/C14H19Br2ClO/c1-10(2)14(8-15,9-16)7-11-6-12(17)4-5-13(11)18-3/h4-6,10H,7-9H2,1-3H3. The highest BCUT2D eigenvalue weighted by atomic mass is 79.9. The lowest BCUT2D eigenvalue weighted by molar-refractivity contribution is 0.264. The highest BCUT2D eigenvalue weighted by Gasteiger charge is 2.32. The number of methoxy groups -OCH3 is 1. The van der Waals surface area contributed by atoms with Crippen molar-refractivity contribution >= 4 is 43.5 Å². The molecule has 1 aromatic carbocycles. The van der Waals surface area contributed by atoms with Gasteiger partial charge >= 0.3 is 0 Å². The highest BCUT2D eigenvalue weighted by Crippen LogP contribution is 2.38. The molecule has 0 heterocycles. The number of hydrogen-bond donors (Lipinski definition) is 0. The fourth-order valence-corrected chi connectivity index (χ4v) is 4.72. The molecule has 1 rings (SSSR count). The Bertz CT molecular complexity index is 389. The minimum absolute atomic E-state index is 0.165. The second kappa shape index (κ2) is 7.16. The first kappa shape index (κ1) is 16.3. The van der Waals surface area contributed by atoms with Crippen molar-refractivity contribution in [3.8, 4) is 5.75 Å². The van der Waals surface area contributed by atoms with E-state index in [1.54, 1.807) is 7.11 Å². The normalized spacial score (nSPS) is 11.9. The molecule has 1 nitrogen and oxygen atoms in total. The van der Waals surface area contributed by atoms with E-state index >= 15 is 0 Å². The maximum absolute atomic E-state index is 6.09. The molecule has 0 saturated carbocycles. The summed E-state index contributed by atoms with van der Waals surface area (Å²) in [4.78, 5) is 0. The molecule has 0 atom stereocenters. The molecule has 0 aliphatic rings. The summed E-state index contributed by atoms with van der Waals surface area (Å²) in [6.07, 6.45) is 0.935. The fraction of sp³-hybridized carbons (Fsp3) is 0.571. The van der Waals surface area contributed by atoms with E-state index in [1.165, 1.54) is 0 Å². The molecule has 0 radical (unpaired) electrons. The topological polar surface area (TPSA) is 9.23 Å². The number of hydrogen-bond acceptors (Lipinski definition) is 1. The van der Waals surface area contributed by atoms with E-state index in [0.717, 1.165) is 33.4 Å². The monoisotopic (exact) mass is 396 g/mol. The second-order valence-corrected chi connectivity index (χ2v) is 6.48.